The molecular weight excluding hydrogens is 560 g/mol. The Morgan fingerprint density at radius 3 is 2.23 bits per heavy atom. The zero-order valence-corrected chi connectivity index (χ0v) is 24.0. The molecule has 0 saturated carbocycles. The topological polar surface area (TPSA) is 57.6 Å². The second-order valence-corrected chi connectivity index (χ2v) is 10.8. The van der Waals surface area contributed by atoms with Gasteiger partial charge in [-0.15, -0.1) is 0 Å². The Balaban J connectivity index is 1.54. The van der Waals surface area contributed by atoms with E-state index in [0.717, 1.165) is 29.0 Å². The highest BCUT2D eigenvalue weighted by Gasteiger charge is 2.31. The molecule has 0 saturated heterocycles. The normalized spacial score (nSPS) is 11.4. The van der Waals surface area contributed by atoms with Crippen molar-refractivity contribution in [3.63, 3.8) is 0 Å². The van der Waals surface area contributed by atoms with E-state index >= 15 is 0 Å². The Bertz CT molecular complexity index is 1500. The zero-order valence-electron chi connectivity index (χ0n) is 24.0. The predicted octanol–water partition coefficient (Wildman–Crippen LogP) is 7.41. The van der Waals surface area contributed by atoms with Crippen molar-refractivity contribution in [2.45, 2.75) is 39.7 Å². The van der Waals surface area contributed by atoms with E-state index in [1.807, 2.05) is 67.1 Å². The zero-order chi connectivity index (χ0) is 31.0. The lowest BCUT2D eigenvalue weighted by Gasteiger charge is -2.29. The van der Waals surface area contributed by atoms with Crippen molar-refractivity contribution in [2.75, 3.05) is 18.4 Å². The number of benzene rings is 3. The lowest BCUT2D eigenvalue weighted by atomic mass is 10.2. The van der Waals surface area contributed by atoms with Crippen LogP contribution in [0.4, 0.5) is 28.0 Å². The van der Waals surface area contributed by atoms with Crippen LogP contribution in [0.1, 0.15) is 36.2 Å². The van der Waals surface area contributed by atoms with Gasteiger partial charge in [-0.2, -0.15) is 13.2 Å². The molecule has 0 radical (unpaired) electrons. The van der Waals surface area contributed by atoms with Gasteiger partial charge < -0.3 is 19.7 Å². The van der Waals surface area contributed by atoms with Crippen molar-refractivity contribution in [3.05, 3.63) is 125 Å². The molecule has 0 bridgehead atoms. The summed E-state index contributed by atoms with van der Waals surface area (Å²) in [4.78, 5) is 30.0. The summed E-state index contributed by atoms with van der Waals surface area (Å²) in [5.41, 5.74) is 1.75. The maximum Gasteiger partial charge on any atom is 0.416 e. The van der Waals surface area contributed by atoms with E-state index in [4.69, 9.17) is 0 Å². The molecule has 226 valence electrons. The van der Waals surface area contributed by atoms with Crippen LogP contribution < -0.4 is 5.32 Å². The van der Waals surface area contributed by atoms with Crippen LogP contribution in [0.5, 0.6) is 0 Å². The van der Waals surface area contributed by atoms with Gasteiger partial charge in [0.05, 0.1) is 12.1 Å². The van der Waals surface area contributed by atoms with Gasteiger partial charge in [-0.25, -0.2) is 9.18 Å². The smallest absolute Gasteiger partial charge is 0.345 e. The second kappa shape index (κ2) is 14.0. The Morgan fingerprint density at radius 2 is 1.56 bits per heavy atom. The summed E-state index contributed by atoms with van der Waals surface area (Å²) >= 11 is 0. The number of nitrogens with one attached hydrogen (secondary N) is 1. The first-order valence-electron chi connectivity index (χ1n) is 13.9. The molecule has 1 aromatic heterocycles. The fourth-order valence-electron chi connectivity index (χ4n) is 4.66. The van der Waals surface area contributed by atoms with Crippen LogP contribution in [0.15, 0.2) is 97.2 Å². The summed E-state index contributed by atoms with van der Waals surface area (Å²) in [7, 11) is 0. The van der Waals surface area contributed by atoms with Crippen molar-refractivity contribution in [1.29, 1.82) is 0 Å². The highest BCUT2D eigenvalue weighted by Crippen LogP contribution is 2.30. The third-order valence-electron chi connectivity index (χ3n) is 6.75. The van der Waals surface area contributed by atoms with Gasteiger partial charge >= 0.3 is 12.2 Å². The van der Waals surface area contributed by atoms with Gasteiger partial charge in [0, 0.05) is 37.2 Å². The fourth-order valence-corrected chi connectivity index (χ4v) is 4.66. The molecule has 0 aliphatic rings. The first kappa shape index (κ1) is 31.3. The highest BCUT2D eigenvalue weighted by molar-refractivity contribution is 5.92. The van der Waals surface area contributed by atoms with E-state index in [9.17, 15) is 27.2 Å². The summed E-state index contributed by atoms with van der Waals surface area (Å²) in [6, 6.07) is 23.2. The summed E-state index contributed by atoms with van der Waals surface area (Å²) in [5.74, 6) is -0.645. The van der Waals surface area contributed by atoms with Gasteiger partial charge in [0.15, 0.2) is 0 Å². The molecule has 43 heavy (non-hydrogen) atoms. The van der Waals surface area contributed by atoms with Gasteiger partial charge in [-0.05, 0) is 59.5 Å². The Morgan fingerprint density at radius 1 is 0.837 bits per heavy atom. The molecule has 10 heteroatoms. The number of halogens is 4. The third kappa shape index (κ3) is 9.19. The van der Waals surface area contributed by atoms with E-state index in [1.165, 1.54) is 29.2 Å². The van der Waals surface area contributed by atoms with Crippen LogP contribution in [0.25, 0.3) is 0 Å². The lowest BCUT2D eigenvalue weighted by molar-refractivity contribution is -0.137. The molecule has 0 atom stereocenters. The number of anilines is 1. The number of nitrogens with zero attached hydrogens (tertiary/aromatic N) is 3. The molecule has 0 spiro atoms. The van der Waals surface area contributed by atoms with Gasteiger partial charge in [0.25, 0.3) is 0 Å². The predicted molar refractivity (Wildman–Crippen MR) is 158 cm³/mol. The number of carbonyl (C=O) groups is 2. The van der Waals surface area contributed by atoms with E-state index in [0.29, 0.717) is 6.54 Å². The summed E-state index contributed by atoms with van der Waals surface area (Å²) < 4.78 is 55.0. The maximum absolute atomic E-state index is 13.8. The average Bonchev–Trinajstić information content (AvgIpc) is 3.39. The van der Waals surface area contributed by atoms with E-state index in [-0.39, 0.29) is 49.5 Å². The summed E-state index contributed by atoms with van der Waals surface area (Å²) in [6.07, 6.45) is -2.67. The lowest BCUT2D eigenvalue weighted by Crippen LogP contribution is -2.45. The quantitative estimate of drug-likeness (QED) is 0.184. The van der Waals surface area contributed by atoms with Crippen LogP contribution >= 0.6 is 0 Å². The second-order valence-electron chi connectivity index (χ2n) is 10.8. The highest BCUT2D eigenvalue weighted by atomic mass is 19.4. The van der Waals surface area contributed by atoms with E-state index in [1.54, 1.807) is 17.0 Å². The van der Waals surface area contributed by atoms with Gasteiger partial charge in [0.1, 0.15) is 12.4 Å². The number of urea groups is 1. The van der Waals surface area contributed by atoms with E-state index < -0.39 is 17.8 Å². The number of hydrogen-bond donors (Lipinski definition) is 1. The molecule has 3 aromatic carbocycles. The molecule has 0 aliphatic heterocycles. The number of hydrogen-bond acceptors (Lipinski definition) is 2. The standard InChI is InChI=1S/C33H34F4N4O2/c1-24(2)19-41(32(43)38-29-11-6-10-27(18-29)33(35,36)37)23-31(42)40(21-25-8-4-3-5-9-25)22-30-12-7-17-39(30)20-26-13-15-28(34)16-14-26/h3-18,24H,19-23H2,1-2H3,(H,38,43). The van der Waals surface area contributed by atoms with Crippen molar-refractivity contribution < 1.29 is 27.2 Å². The van der Waals surface area contributed by atoms with Crippen LogP contribution in [0.2, 0.25) is 0 Å². The first-order valence-corrected chi connectivity index (χ1v) is 13.9. The molecule has 6 nitrogen and oxygen atoms in total. The first-order chi connectivity index (χ1) is 20.5. The van der Waals surface area contributed by atoms with Crippen molar-refractivity contribution in [2.24, 2.45) is 5.92 Å². The minimum atomic E-state index is -4.55. The molecule has 1 N–H and O–H groups in total. The average molecular weight is 595 g/mol. The van der Waals surface area contributed by atoms with Crippen molar-refractivity contribution in [1.82, 2.24) is 14.4 Å². The number of carbonyl (C=O) groups excluding carboxylic acids is 2. The Kier molecular flexibility index (Phi) is 10.2. The van der Waals surface area contributed by atoms with Crippen molar-refractivity contribution in [3.8, 4) is 0 Å². The fraction of sp³-hybridized carbons (Fsp3) is 0.273. The molecule has 0 unspecified atom stereocenters. The molecule has 4 rings (SSSR count). The monoisotopic (exact) mass is 594 g/mol. The van der Waals surface area contributed by atoms with E-state index in [2.05, 4.69) is 5.32 Å². The number of rotatable bonds is 11. The van der Waals surface area contributed by atoms with Crippen molar-refractivity contribution >= 4 is 17.6 Å². The van der Waals surface area contributed by atoms with Gasteiger partial charge in [-0.1, -0.05) is 62.4 Å². The third-order valence-corrected chi connectivity index (χ3v) is 6.75. The van der Waals surface area contributed by atoms with Crippen LogP contribution in [0, 0.1) is 11.7 Å². The number of alkyl halides is 3. The molecule has 0 fully saturated rings. The van der Waals surface area contributed by atoms with Crippen LogP contribution in [0.3, 0.4) is 0 Å². The molecule has 1 heterocycles. The SMILES string of the molecule is CC(C)CN(CC(=O)N(Cc1ccccc1)Cc1cccn1Cc1ccc(F)cc1)C(=O)Nc1cccc(C(F)(F)F)c1. The Hall–Kier alpha value is -4.60. The largest absolute Gasteiger partial charge is 0.416 e. The molecule has 0 aliphatic carbocycles. The van der Waals surface area contributed by atoms with Gasteiger partial charge in [-0.3, -0.25) is 4.79 Å². The minimum Gasteiger partial charge on any atom is -0.345 e. The molecular formula is C33H34F4N4O2. The summed E-state index contributed by atoms with van der Waals surface area (Å²) in [5, 5.41) is 2.53. The maximum atomic E-state index is 13.8. The molecule has 3 amide bonds. The van der Waals surface area contributed by atoms with Crippen LogP contribution in [-0.4, -0.2) is 39.4 Å². The minimum absolute atomic E-state index is 0.00410. The summed E-state index contributed by atoms with van der Waals surface area (Å²) in [6.45, 7) is 4.73. The number of amides is 3. The molecule has 4 aromatic rings. The Labute approximate surface area is 248 Å². The van der Waals surface area contributed by atoms with Gasteiger partial charge in [0.2, 0.25) is 5.91 Å². The number of aromatic nitrogens is 1. The van der Waals surface area contributed by atoms with Crippen LogP contribution in [-0.2, 0) is 30.6 Å².